The summed E-state index contributed by atoms with van der Waals surface area (Å²) in [4.78, 5) is 0. The minimum Gasteiger partial charge on any atom is -0.352 e. The molecule has 1 unspecified atom stereocenters. The molecule has 0 saturated heterocycles. The molecule has 0 heterocycles. The molecule has 0 saturated carbocycles. The normalized spacial score (nSPS) is 11.7. The highest BCUT2D eigenvalue weighted by Crippen LogP contribution is 2.26. The molecule has 0 aliphatic heterocycles. The Morgan fingerprint density at radius 3 is 2.19 bits per heavy atom. The molecule has 0 bridgehead atoms. The molecule has 2 N–H and O–H groups in total. The van der Waals surface area contributed by atoms with Crippen molar-refractivity contribution in [3.8, 4) is 0 Å². The minimum atomic E-state index is -0.00153. The maximum atomic E-state index is 5.64. The fraction of sp³-hybridized carbons (Fsp3) is 0.208. The number of rotatable bonds is 4. The van der Waals surface area contributed by atoms with Gasteiger partial charge in [0.1, 0.15) is 0 Å². The Hall–Kier alpha value is -2.65. The first-order chi connectivity index (χ1) is 12.9. The Labute approximate surface area is 167 Å². The van der Waals surface area contributed by atoms with Crippen LogP contribution in [0.25, 0.3) is 0 Å². The third-order valence-corrected chi connectivity index (χ3v) is 5.13. The summed E-state index contributed by atoms with van der Waals surface area (Å²) in [7, 11) is 0. The lowest BCUT2D eigenvalue weighted by Gasteiger charge is -2.24. The maximum Gasteiger partial charge on any atom is 0.171 e. The fourth-order valence-corrected chi connectivity index (χ4v) is 3.49. The van der Waals surface area contributed by atoms with E-state index in [1.807, 2.05) is 6.07 Å². The Morgan fingerprint density at radius 2 is 1.52 bits per heavy atom. The third kappa shape index (κ3) is 4.75. The molecule has 2 nitrogen and oxygen atoms in total. The van der Waals surface area contributed by atoms with Gasteiger partial charge in [0.25, 0.3) is 0 Å². The van der Waals surface area contributed by atoms with E-state index in [4.69, 9.17) is 12.2 Å². The highest BCUT2D eigenvalue weighted by molar-refractivity contribution is 7.80. The van der Waals surface area contributed by atoms with Gasteiger partial charge in [-0.3, -0.25) is 0 Å². The van der Waals surface area contributed by atoms with Gasteiger partial charge in [0.15, 0.2) is 5.11 Å². The molecule has 3 aromatic carbocycles. The van der Waals surface area contributed by atoms with Crippen LogP contribution in [-0.2, 0) is 0 Å². The average molecular weight is 375 g/mol. The van der Waals surface area contributed by atoms with Crippen LogP contribution in [0.15, 0.2) is 66.7 Å². The van der Waals surface area contributed by atoms with Gasteiger partial charge in [-0.2, -0.15) is 0 Å². The van der Waals surface area contributed by atoms with Crippen LogP contribution in [0.3, 0.4) is 0 Å². The SMILES string of the molecule is Cc1ccc(C(NC(=S)Nc2ccc(C)c(C)c2)c2ccccc2)c(C)c1. The molecular weight excluding hydrogens is 348 g/mol. The Kier molecular flexibility index (Phi) is 5.92. The largest absolute Gasteiger partial charge is 0.352 e. The Balaban J connectivity index is 1.87. The summed E-state index contributed by atoms with van der Waals surface area (Å²) < 4.78 is 0. The van der Waals surface area contributed by atoms with E-state index < -0.39 is 0 Å². The van der Waals surface area contributed by atoms with Gasteiger partial charge in [-0.15, -0.1) is 0 Å². The van der Waals surface area contributed by atoms with Gasteiger partial charge in [-0.25, -0.2) is 0 Å². The van der Waals surface area contributed by atoms with E-state index in [1.165, 1.54) is 33.4 Å². The van der Waals surface area contributed by atoms with Crippen LogP contribution in [0.1, 0.15) is 39.4 Å². The molecule has 138 valence electrons. The predicted octanol–water partition coefficient (Wildman–Crippen LogP) is 6.00. The van der Waals surface area contributed by atoms with E-state index in [0.717, 1.165) is 5.69 Å². The lowest BCUT2D eigenvalue weighted by molar-refractivity contribution is 0.762. The Morgan fingerprint density at radius 1 is 0.778 bits per heavy atom. The first-order valence-electron chi connectivity index (χ1n) is 9.21. The van der Waals surface area contributed by atoms with Crippen molar-refractivity contribution in [3.05, 3.63) is 100 Å². The lowest BCUT2D eigenvalue weighted by atomic mass is 9.94. The van der Waals surface area contributed by atoms with E-state index in [0.29, 0.717) is 5.11 Å². The number of benzene rings is 3. The van der Waals surface area contributed by atoms with Gasteiger partial charge in [0.05, 0.1) is 6.04 Å². The van der Waals surface area contributed by atoms with Crippen molar-refractivity contribution in [2.75, 3.05) is 5.32 Å². The molecule has 27 heavy (non-hydrogen) atoms. The standard InChI is InChI=1S/C24H26N2S/c1-16-10-13-22(19(4)14-16)23(20-8-6-5-7-9-20)26-24(27)25-21-12-11-17(2)18(3)15-21/h5-15,23H,1-4H3,(H2,25,26,27). The molecule has 0 spiro atoms. The van der Waals surface area contributed by atoms with Crippen molar-refractivity contribution >= 4 is 23.0 Å². The number of hydrogen-bond donors (Lipinski definition) is 2. The molecule has 0 aliphatic carbocycles. The summed E-state index contributed by atoms with van der Waals surface area (Å²) in [5, 5.41) is 7.46. The molecule has 3 aromatic rings. The zero-order valence-corrected chi connectivity index (χ0v) is 17.2. The van der Waals surface area contributed by atoms with Gasteiger partial charge in [-0.05, 0) is 79.9 Å². The van der Waals surface area contributed by atoms with Crippen LogP contribution in [0, 0.1) is 27.7 Å². The van der Waals surface area contributed by atoms with Crippen LogP contribution in [0.5, 0.6) is 0 Å². The van der Waals surface area contributed by atoms with Crippen molar-refractivity contribution in [1.82, 2.24) is 5.32 Å². The summed E-state index contributed by atoms with van der Waals surface area (Å²) in [6, 6.07) is 23.3. The van der Waals surface area contributed by atoms with Crippen molar-refractivity contribution in [2.24, 2.45) is 0 Å². The van der Waals surface area contributed by atoms with E-state index in [-0.39, 0.29) is 6.04 Å². The van der Waals surface area contributed by atoms with Gasteiger partial charge in [-0.1, -0.05) is 60.2 Å². The summed E-state index contributed by atoms with van der Waals surface area (Å²) in [5.41, 5.74) is 8.46. The summed E-state index contributed by atoms with van der Waals surface area (Å²) in [6.45, 7) is 8.49. The number of hydrogen-bond acceptors (Lipinski definition) is 1. The molecular formula is C24H26N2S. The van der Waals surface area contributed by atoms with E-state index in [2.05, 4.69) is 99.0 Å². The molecule has 0 fully saturated rings. The van der Waals surface area contributed by atoms with Gasteiger partial charge < -0.3 is 10.6 Å². The first kappa shape index (κ1) is 19.1. The van der Waals surface area contributed by atoms with Crippen molar-refractivity contribution in [1.29, 1.82) is 0 Å². The molecule has 0 aromatic heterocycles. The molecule has 0 radical (unpaired) electrons. The monoisotopic (exact) mass is 374 g/mol. The van der Waals surface area contributed by atoms with Crippen molar-refractivity contribution in [2.45, 2.75) is 33.7 Å². The van der Waals surface area contributed by atoms with Gasteiger partial charge in [0.2, 0.25) is 0 Å². The smallest absolute Gasteiger partial charge is 0.171 e. The van der Waals surface area contributed by atoms with E-state index in [9.17, 15) is 0 Å². The quantitative estimate of drug-likeness (QED) is 0.548. The minimum absolute atomic E-state index is 0.00153. The topological polar surface area (TPSA) is 24.1 Å². The highest BCUT2D eigenvalue weighted by Gasteiger charge is 2.17. The zero-order chi connectivity index (χ0) is 19.4. The van der Waals surface area contributed by atoms with Crippen LogP contribution in [0.2, 0.25) is 0 Å². The molecule has 0 amide bonds. The van der Waals surface area contributed by atoms with Gasteiger partial charge in [0, 0.05) is 5.69 Å². The first-order valence-corrected chi connectivity index (χ1v) is 9.62. The number of thiocarbonyl (C=S) groups is 1. The van der Waals surface area contributed by atoms with Crippen LogP contribution in [-0.4, -0.2) is 5.11 Å². The van der Waals surface area contributed by atoms with Crippen LogP contribution < -0.4 is 10.6 Å². The highest BCUT2D eigenvalue weighted by atomic mass is 32.1. The molecule has 3 rings (SSSR count). The zero-order valence-electron chi connectivity index (χ0n) is 16.3. The molecule has 0 aliphatic rings. The Bertz CT molecular complexity index is 948. The lowest BCUT2D eigenvalue weighted by Crippen LogP contribution is -2.33. The van der Waals surface area contributed by atoms with Crippen LogP contribution >= 0.6 is 12.2 Å². The average Bonchev–Trinajstić information content (AvgIpc) is 2.64. The van der Waals surface area contributed by atoms with Gasteiger partial charge >= 0.3 is 0 Å². The molecule has 1 atom stereocenters. The summed E-state index contributed by atoms with van der Waals surface area (Å²) >= 11 is 5.64. The second kappa shape index (κ2) is 8.36. The van der Waals surface area contributed by atoms with E-state index in [1.54, 1.807) is 0 Å². The van der Waals surface area contributed by atoms with Crippen molar-refractivity contribution < 1.29 is 0 Å². The summed E-state index contributed by atoms with van der Waals surface area (Å²) in [6.07, 6.45) is 0. The third-order valence-electron chi connectivity index (χ3n) is 4.91. The van der Waals surface area contributed by atoms with E-state index >= 15 is 0 Å². The summed E-state index contributed by atoms with van der Waals surface area (Å²) in [5.74, 6) is 0. The van der Waals surface area contributed by atoms with Crippen molar-refractivity contribution in [3.63, 3.8) is 0 Å². The second-order valence-corrected chi connectivity index (χ2v) is 7.51. The number of anilines is 1. The second-order valence-electron chi connectivity index (χ2n) is 7.10. The predicted molar refractivity (Wildman–Crippen MR) is 119 cm³/mol. The number of nitrogens with one attached hydrogen (secondary N) is 2. The maximum absolute atomic E-state index is 5.64. The van der Waals surface area contributed by atoms with Crippen LogP contribution in [0.4, 0.5) is 5.69 Å². The fourth-order valence-electron chi connectivity index (χ4n) is 3.25. The molecule has 3 heteroatoms. The number of aryl methyl sites for hydroxylation is 4.